The highest BCUT2D eigenvalue weighted by molar-refractivity contribution is 7.91. The van der Waals surface area contributed by atoms with Crippen LogP contribution >= 0.6 is 0 Å². The molecule has 1 aliphatic rings. The number of rotatable bonds is 6. The molecule has 2 heterocycles. The first kappa shape index (κ1) is 20.9. The maximum atomic E-state index is 12.9. The maximum absolute atomic E-state index is 12.9. The van der Waals surface area contributed by atoms with E-state index < -0.39 is 15.7 Å². The van der Waals surface area contributed by atoms with Crippen LogP contribution in [0.4, 0.5) is 5.69 Å². The number of aromatic nitrogens is 1. The molecule has 2 aromatic carbocycles. The summed E-state index contributed by atoms with van der Waals surface area (Å²) in [5, 5.41) is 6.55. The monoisotopic (exact) mass is 442 g/mol. The van der Waals surface area contributed by atoms with Gasteiger partial charge in [-0.25, -0.2) is 8.42 Å². The molecule has 0 bridgehead atoms. The van der Waals surface area contributed by atoms with Gasteiger partial charge in [-0.1, -0.05) is 17.3 Å². The Morgan fingerprint density at radius 3 is 2.55 bits per heavy atom. The molecule has 0 spiro atoms. The standard InChI is InChI=1S/C22H22N2O6S/c1-14-3-4-16(19-11-15(2)24-30-19)12-21(14)31(26,27)10-7-22(25)23-17-5-6-18-20(13-17)29-9-8-28-18/h3-6,11-13H,7-10H2,1-2H3,(H,23,25). The fourth-order valence-electron chi connectivity index (χ4n) is 3.27. The molecule has 9 heteroatoms. The van der Waals surface area contributed by atoms with Gasteiger partial charge in [-0.2, -0.15) is 0 Å². The number of ether oxygens (including phenoxy) is 2. The lowest BCUT2D eigenvalue weighted by atomic mass is 10.1. The lowest BCUT2D eigenvalue weighted by molar-refractivity contribution is -0.115. The summed E-state index contributed by atoms with van der Waals surface area (Å²) in [5.74, 6) is 0.935. The lowest BCUT2D eigenvalue weighted by Gasteiger charge is -2.19. The molecule has 1 aliphatic heterocycles. The van der Waals surface area contributed by atoms with E-state index >= 15 is 0 Å². The number of hydrogen-bond donors (Lipinski definition) is 1. The fourth-order valence-corrected chi connectivity index (χ4v) is 4.81. The third-order valence-electron chi connectivity index (χ3n) is 4.86. The van der Waals surface area contributed by atoms with Crippen molar-refractivity contribution in [3.63, 3.8) is 0 Å². The molecule has 1 aromatic heterocycles. The molecule has 8 nitrogen and oxygen atoms in total. The van der Waals surface area contributed by atoms with Gasteiger partial charge >= 0.3 is 0 Å². The van der Waals surface area contributed by atoms with Gasteiger partial charge in [0, 0.05) is 29.8 Å². The number of sulfone groups is 1. The summed E-state index contributed by atoms with van der Waals surface area (Å²) >= 11 is 0. The molecular weight excluding hydrogens is 420 g/mol. The Morgan fingerprint density at radius 1 is 1.03 bits per heavy atom. The van der Waals surface area contributed by atoms with Crippen LogP contribution in [0.2, 0.25) is 0 Å². The van der Waals surface area contributed by atoms with Crippen LogP contribution in [0, 0.1) is 13.8 Å². The van der Waals surface area contributed by atoms with Crippen LogP contribution in [0.3, 0.4) is 0 Å². The highest BCUT2D eigenvalue weighted by Gasteiger charge is 2.21. The SMILES string of the molecule is Cc1cc(-c2ccc(C)c(S(=O)(=O)CCC(=O)Nc3ccc4c(c3)OCCO4)c2)on1. The lowest BCUT2D eigenvalue weighted by Crippen LogP contribution is -2.19. The first-order valence-corrected chi connectivity index (χ1v) is 11.4. The number of fused-ring (bicyclic) bond motifs is 1. The van der Waals surface area contributed by atoms with E-state index in [4.69, 9.17) is 14.0 Å². The van der Waals surface area contributed by atoms with Crippen molar-refractivity contribution < 1.29 is 27.2 Å². The average Bonchev–Trinajstić information content (AvgIpc) is 3.19. The minimum atomic E-state index is -3.68. The van der Waals surface area contributed by atoms with Crippen LogP contribution in [0.25, 0.3) is 11.3 Å². The van der Waals surface area contributed by atoms with Crippen LogP contribution in [-0.4, -0.2) is 38.4 Å². The van der Waals surface area contributed by atoms with Gasteiger partial charge in [0.25, 0.3) is 0 Å². The van der Waals surface area contributed by atoms with E-state index in [-0.39, 0.29) is 17.1 Å². The van der Waals surface area contributed by atoms with Gasteiger partial charge in [0.05, 0.1) is 16.3 Å². The first-order chi connectivity index (χ1) is 14.8. The topological polar surface area (TPSA) is 108 Å². The Labute approximate surface area is 180 Å². The zero-order valence-corrected chi connectivity index (χ0v) is 18.0. The normalized spacial score (nSPS) is 13.1. The molecule has 1 N–H and O–H groups in total. The van der Waals surface area contributed by atoms with Gasteiger partial charge in [-0.15, -0.1) is 0 Å². The minimum absolute atomic E-state index is 0.172. The Hall–Kier alpha value is -3.33. The van der Waals surface area contributed by atoms with Crippen molar-refractivity contribution in [1.82, 2.24) is 5.16 Å². The zero-order chi connectivity index (χ0) is 22.0. The van der Waals surface area contributed by atoms with Crippen molar-refractivity contribution in [2.75, 3.05) is 24.3 Å². The number of hydrogen-bond acceptors (Lipinski definition) is 7. The highest BCUT2D eigenvalue weighted by atomic mass is 32.2. The largest absolute Gasteiger partial charge is 0.486 e. The number of aryl methyl sites for hydroxylation is 2. The third-order valence-corrected chi connectivity index (χ3v) is 6.71. The fraction of sp³-hybridized carbons (Fsp3) is 0.273. The van der Waals surface area contributed by atoms with E-state index in [0.29, 0.717) is 53.0 Å². The molecular formula is C22H22N2O6S. The molecule has 31 heavy (non-hydrogen) atoms. The van der Waals surface area contributed by atoms with E-state index in [1.54, 1.807) is 56.3 Å². The van der Waals surface area contributed by atoms with Crippen LogP contribution in [0.5, 0.6) is 11.5 Å². The molecule has 0 fully saturated rings. The second-order valence-corrected chi connectivity index (χ2v) is 9.37. The van der Waals surface area contributed by atoms with Crippen LogP contribution in [0.1, 0.15) is 17.7 Å². The number of amides is 1. The second kappa shape index (κ2) is 8.43. The Balaban J connectivity index is 1.45. The summed E-state index contributed by atoms with van der Waals surface area (Å²) in [6.45, 7) is 4.43. The molecule has 0 saturated heterocycles. The van der Waals surface area contributed by atoms with Crippen LogP contribution in [-0.2, 0) is 14.6 Å². The molecule has 162 valence electrons. The first-order valence-electron chi connectivity index (χ1n) is 9.78. The molecule has 0 radical (unpaired) electrons. The van der Waals surface area contributed by atoms with Crippen molar-refractivity contribution in [3.05, 3.63) is 53.7 Å². The minimum Gasteiger partial charge on any atom is -0.486 e. The number of nitrogens with zero attached hydrogens (tertiary/aromatic N) is 1. The smallest absolute Gasteiger partial charge is 0.225 e. The van der Waals surface area contributed by atoms with E-state index in [9.17, 15) is 13.2 Å². The maximum Gasteiger partial charge on any atom is 0.225 e. The Bertz CT molecular complexity index is 1230. The third kappa shape index (κ3) is 4.72. The quantitative estimate of drug-likeness (QED) is 0.622. The van der Waals surface area contributed by atoms with Gasteiger partial charge in [0.2, 0.25) is 5.91 Å². The van der Waals surface area contributed by atoms with Gasteiger partial charge in [0.15, 0.2) is 27.1 Å². The molecule has 0 unspecified atom stereocenters. The number of nitrogens with one attached hydrogen (secondary N) is 1. The Morgan fingerprint density at radius 2 is 1.81 bits per heavy atom. The van der Waals surface area contributed by atoms with Gasteiger partial charge in [-0.3, -0.25) is 4.79 Å². The van der Waals surface area contributed by atoms with Crippen molar-refractivity contribution in [3.8, 4) is 22.8 Å². The second-order valence-electron chi connectivity index (χ2n) is 7.29. The summed E-state index contributed by atoms with van der Waals surface area (Å²) in [7, 11) is -3.68. The van der Waals surface area contributed by atoms with Gasteiger partial charge in [-0.05, 0) is 37.6 Å². The number of carbonyl (C=O) groups excluding carboxylic acids is 1. The van der Waals surface area contributed by atoms with Crippen molar-refractivity contribution in [2.45, 2.75) is 25.2 Å². The van der Waals surface area contributed by atoms with Gasteiger partial charge < -0.3 is 19.3 Å². The van der Waals surface area contributed by atoms with Crippen LogP contribution < -0.4 is 14.8 Å². The number of carbonyl (C=O) groups is 1. The Kier molecular flexibility index (Phi) is 5.69. The number of anilines is 1. The molecule has 1 amide bonds. The van der Waals surface area contributed by atoms with E-state index in [1.807, 2.05) is 0 Å². The van der Waals surface area contributed by atoms with E-state index in [0.717, 1.165) is 0 Å². The predicted molar refractivity (Wildman–Crippen MR) is 114 cm³/mol. The van der Waals surface area contributed by atoms with Crippen molar-refractivity contribution >= 4 is 21.4 Å². The zero-order valence-electron chi connectivity index (χ0n) is 17.2. The average molecular weight is 442 g/mol. The predicted octanol–water partition coefficient (Wildman–Crippen LogP) is 3.53. The number of benzene rings is 2. The summed E-state index contributed by atoms with van der Waals surface area (Å²) in [6, 6.07) is 11.9. The summed E-state index contributed by atoms with van der Waals surface area (Å²) in [4.78, 5) is 12.5. The highest BCUT2D eigenvalue weighted by Crippen LogP contribution is 2.32. The van der Waals surface area contributed by atoms with Crippen molar-refractivity contribution in [1.29, 1.82) is 0 Å². The molecule has 0 atom stereocenters. The molecule has 4 rings (SSSR count). The van der Waals surface area contributed by atoms with E-state index in [2.05, 4.69) is 10.5 Å². The van der Waals surface area contributed by atoms with Crippen molar-refractivity contribution in [2.24, 2.45) is 0 Å². The summed E-state index contributed by atoms with van der Waals surface area (Å²) in [6.07, 6.45) is -0.179. The summed E-state index contributed by atoms with van der Waals surface area (Å²) in [5.41, 5.74) is 2.44. The van der Waals surface area contributed by atoms with E-state index in [1.165, 1.54) is 0 Å². The van der Waals surface area contributed by atoms with Gasteiger partial charge in [0.1, 0.15) is 13.2 Å². The molecule has 0 aliphatic carbocycles. The summed E-state index contributed by atoms with van der Waals surface area (Å²) < 4.78 is 42.0. The van der Waals surface area contributed by atoms with Crippen LogP contribution in [0.15, 0.2) is 51.9 Å². The molecule has 0 saturated carbocycles. The molecule has 3 aromatic rings.